The fourth-order valence-corrected chi connectivity index (χ4v) is 1.45. The number of rotatable bonds is 2. The maximum Gasteiger partial charge on any atom is 0.0991 e. The fourth-order valence-electron chi connectivity index (χ4n) is 1.30. The molecular formula is C11H8ClN3. The Kier molecular flexibility index (Phi) is 2.70. The van der Waals surface area contributed by atoms with Crippen LogP contribution in [0.4, 0.5) is 0 Å². The van der Waals surface area contributed by atoms with Crippen LogP contribution >= 0.6 is 11.6 Å². The van der Waals surface area contributed by atoms with Crippen LogP contribution in [-0.2, 0) is 6.54 Å². The molecule has 0 amide bonds. The summed E-state index contributed by atoms with van der Waals surface area (Å²) in [7, 11) is 0. The number of hydrogen-bond donors (Lipinski definition) is 0. The molecule has 1 aromatic carbocycles. The molecule has 3 nitrogen and oxygen atoms in total. The molecule has 0 aliphatic carbocycles. The summed E-state index contributed by atoms with van der Waals surface area (Å²) in [5, 5.41) is 13.3. The number of nitriles is 1. The lowest BCUT2D eigenvalue weighted by Crippen LogP contribution is -1.99. The lowest BCUT2D eigenvalue weighted by atomic mass is 10.1. The summed E-state index contributed by atoms with van der Waals surface area (Å²) in [5.41, 5.74) is 1.76. The van der Waals surface area contributed by atoms with Gasteiger partial charge in [0.15, 0.2) is 0 Å². The van der Waals surface area contributed by atoms with Crippen molar-refractivity contribution in [1.82, 2.24) is 9.78 Å². The highest BCUT2D eigenvalue weighted by molar-refractivity contribution is 6.30. The quantitative estimate of drug-likeness (QED) is 0.776. The molecule has 0 fully saturated rings. The van der Waals surface area contributed by atoms with E-state index in [0.29, 0.717) is 17.1 Å². The van der Waals surface area contributed by atoms with E-state index >= 15 is 0 Å². The molecule has 4 heteroatoms. The van der Waals surface area contributed by atoms with Crippen LogP contribution in [0.1, 0.15) is 11.1 Å². The molecule has 1 aromatic heterocycles. The van der Waals surface area contributed by atoms with Crippen molar-refractivity contribution < 1.29 is 0 Å². The largest absolute Gasteiger partial charge is 0.267 e. The van der Waals surface area contributed by atoms with Crippen LogP contribution in [-0.4, -0.2) is 9.78 Å². The minimum atomic E-state index is 0.628. The standard InChI is InChI=1S/C11H8ClN3/c12-11-6-14-15(8-11)7-10-3-1-9(5-13)2-4-10/h1-4,6,8H,7H2. The molecule has 0 spiro atoms. The number of nitrogens with zero attached hydrogens (tertiary/aromatic N) is 3. The monoisotopic (exact) mass is 217 g/mol. The van der Waals surface area contributed by atoms with Gasteiger partial charge in [-0.05, 0) is 17.7 Å². The third kappa shape index (κ3) is 2.36. The predicted molar refractivity (Wildman–Crippen MR) is 57.5 cm³/mol. The van der Waals surface area contributed by atoms with E-state index in [0.717, 1.165) is 5.56 Å². The Bertz CT molecular complexity index is 493. The summed E-state index contributed by atoms with van der Waals surface area (Å²) in [4.78, 5) is 0. The molecule has 0 unspecified atom stereocenters. The van der Waals surface area contributed by atoms with Crippen LogP contribution in [0.25, 0.3) is 0 Å². The summed E-state index contributed by atoms with van der Waals surface area (Å²) in [5.74, 6) is 0. The van der Waals surface area contributed by atoms with E-state index in [-0.39, 0.29) is 0 Å². The Morgan fingerprint density at radius 1 is 1.33 bits per heavy atom. The summed E-state index contributed by atoms with van der Waals surface area (Å²) in [6, 6.07) is 9.48. The lowest BCUT2D eigenvalue weighted by Gasteiger charge is -2.01. The smallest absolute Gasteiger partial charge is 0.0991 e. The van der Waals surface area contributed by atoms with E-state index in [1.165, 1.54) is 0 Å². The molecule has 0 radical (unpaired) electrons. The minimum Gasteiger partial charge on any atom is -0.267 e. The molecule has 15 heavy (non-hydrogen) atoms. The van der Waals surface area contributed by atoms with Gasteiger partial charge in [-0.25, -0.2) is 0 Å². The molecule has 74 valence electrons. The van der Waals surface area contributed by atoms with E-state index in [4.69, 9.17) is 16.9 Å². The molecule has 1 heterocycles. The van der Waals surface area contributed by atoms with E-state index in [1.54, 1.807) is 29.2 Å². The molecule has 0 aliphatic rings. The topological polar surface area (TPSA) is 41.6 Å². The van der Waals surface area contributed by atoms with Crippen molar-refractivity contribution in [2.75, 3.05) is 0 Å². The average Bonchev–Trinajstić information content (AvgIpc) is 2.65. The van der Waals surface area contributed by atoms with Crippen LogP contribution in [0.5, 0.6) is 0 Å². The second-order valence-electron chi connectivity index (χ2n) is 3.16. The van der Waals surface area contributed by atoms with Crippen LogP contribution in [0, 0.1) is 11.3 Å². The Morgan fingerprint density at radius 2 is 2.07 bits per heavy atom. The molecule has 0 bridgehead atoms. The SMILES string of the molecule is N#Cc1ccc(Cn2cc(Cl)cn2)cc1. The van der Waals surface area contributed by atoms with Gasteiger partial charge in [0.05, 0.1) is 29.4 Å². The number of benzene rings is 1. The Labute approximate surface area is 92.5 Å². The normalized spacial score (nSPS) is 9.87. The van der Waals surface area contributed by atoms with Crippen molar-refractivity contribution in [1.29, 1.82) is 5.26 Å². The Hall–Kier alpha value is -1.79. The maximum absolute atomic E-state index is 8.64. The van der Waals surface area contributed by atoms with Crippen molar-refractivity contribution in [2.45, 2.75) is 6.54 Å². The molecule has 0 atom stereocenters. The molecular weight excluding hydrogens is 210 g/mol. The van der Waals surface area contributed by atoms with Gasteiger partial charge in [-0.1, -0.05) is 23.7 Å². The predicted octanol–water partition coefficient (Wildman–Crippen LogP) is 2.46. The van der Waals surface area contributed by atoms with Crippen LogP contribution in [0.3, 0.4) is 0 Å². The maximum atomic E-state index is 8.64. The number of halogens is 1. The van der Waals surface area contributed by atoms with Gasteiger partial charge in [0, 0.05) is 6.20 Å². The lowest BCUT2D eigenvalue weighted by molar-refractivity contribution is 0.687. The first-order chi connectivity index (χ1) is 7.28. The van der Waals surface area contributed by atoms with E-state index in [1.807, 2.05) is 12.1 Å². The Morgan fingerprint density at radius 3 is 2.60 bits per heavy atom. The van der Waals surface area contributed by atoms with Gasteiger partial charge in [0.1, 0.15) is 0 Å². The zero-order chi connectivity index (χ0) is 10.7. The second-order valence-corrected chi connectivity index (χ2v) is 3.60. The van der Waals surface area contributed by atoms with Crippen LogP contribution < -0.4 is 0 Å². The average molecular weight is 218 g/mol. The summed E-state index contributed by atoms with van der Waals surface area (Å²) in [6.07, 6.45) is 3.37. The van der Waals surface area contributed by atoms with Gasteiger partial charge in [-0.15, -0.1) is 0 Å². The number of aromatic nitrogens is 2. The van der Waals surface area contributed by atoms with E-state index in [9.17, 15) is 0 Å². The van der Waals surface area contributed by atoms with Crippen molar-refractivity contribution in [3.8, 4) is 6.07 Å². The molecule has 2 rings (SSSR count). The van der Waals surface area contributed by atoms with Crippen molar-refractivity contribution in [3.63, 3.8) is 0 Å². The summed E-state index contributed by atoms with van der Waals surface area (Å²) >= 11 is 5.75. The molecule has 0 aliphatic heterocycles. The first-order valence-corrected chi connectivity index (χ1v) is 4.83. The Balaban J connectivity index is 2.15. The third-order valence-corrected chi connectivity index (χ3v) is 2.22. The van der Waals surface area contributed by atoms with Gasteiger partial charge in [0.2, 0.25) is 0 Å². The number of hydrogen-bond acceptors (Lipinski definition) is 2. The van der Waals surface area contributed by atoms with Gasteiger partial charge in [-0.3, -0.25) is 4.68 Å². The zero-order valence-electron chi connectivity index (χ0n) is 7.89. The summed E-state index contributed by atoms with van der Waals surface area (Å²) < 4.78 is 1.75. The molecule has 2 aromatic rings. The first-order valence-electron chi connectivity index (χ1n) is 4.45. The van der Waals surface area contributed by atoms with Crippen LogP contribution in [0.2, 0.25) is 5.02 Å². The summed E-state index contributed by atoms with van der Waals surface area (Å²) in [6.45, 7) is 0.665. The zero-order valence-corrected chi connectivity index (χ0v) is 8.65. The van der Waals surface area contributed by atoms with Crippen molar-refractivity contribution in [2.24, 2.45) is 0 Å². The molecule has 0 saturated carbocycles. The fraction of sp³-hybridized carbons (Fsp3) is 0.0909. The molecule has 0 N–H and O–H groups in total. The first kappa shape index (κ1) is 9.75. The van der Waals surface area contributed by atoms with Crippen molar-refractivity contribution in [3.05, 3.63) is 52.8 Å². The minimum absolute atomic E-state index is 0.628. The highest BCUT2D eigenvalue weighted by Crippen LogP contribution is 2.08. The third-order valence-electron chi connectivity index (χ3n) is 2.03. The highest BCUT2D eigenvalue weighted by atomic mass is 35.5. The van der Waals surface area contributed by atoms with E-state index < -0.39 is 0 Å². The molecule has 0 saturated heterocycles. The van der Waals surface area contributed by atoms with Gasteiger partial charge in [-0.2, -0.15) is 10.4 Å². The highest BCUT2D eigenvalue weighted by Gasteiger charge is 1.97. The van der Waals surface area contributed by atoms with Gasteiger partial charge in [0.25, 0.3) is 0 Å². The van der Waals surface area contributed by atoms with Crippen LogP contribution in [0.15, 0.2) is 36.7 Å². The van der Waals surface area contributed by atoms with Gasteiger partial charge < -0.3 is 0 Å². The van der Waals surface area contributed by atoms with Crippen molar-refractivity contribution >= 4 is 11.6 Å². The van der Waals surface area contributed by atoms with Gasteiger partial charge >= 0.3 is 0 Å². The van der Waals surface area contributed by atoms with E-state index in [2.05, 4.69) is 11.2 Å². The second kappa shape index (κ2) is 4.16.